The zero-order chi connectivity index (χ0) is 29.4. The van der Waals surface area contributed by atoms with Gasteiger partial charge in [-0.05, 0) is 32.1 Å². The van der Waals surface area contributed by atoms with E-state index in [4.69, 9.17) is 0 Å². The van der Waals surface area contributed by atoms with Gasteiger partial charge in [0.25, 0.3) is 0 Å². The number of hydrogen-bond acceptors (Lipinski definition) is 3. The van der Waals surface area contributed by atoms with Gasteiger partial charge in [-0.2, -0.15) is 0 Å². The molecule has 0 saturated carbocycles. The van der Waals surface area contributed by atoms with Crippen molar-refractivity contribution in [3.63, 3.8) is 0 Å². The molecule has 0 spiro atoms. The second-order valence-electron chi connectivity index (χ2n) is 11.9. The molecular formula is C36H69NO3. The number of carbonyl (C=O) groups is 1. The molecule has 0 aromatic rings. The normalized spacial score (nSPS) is 13.4. The Labute approximate surface area is 249 Å². The third-order valence-corrected chi connectivity index (χ3v) is 7.94. The van der Waals surface area contributed by atoms with Crippen LogP contribution in [-0.2, 0) is 4.79 Å². The SMILES string of the molecule is CCCCCCCCCCCCCCCCCCCCC/C=C/CC/C=C/C(O)C(CO)NC(=O)CCCCC. The highest BCUT2D eigenvalue weighted by Crippen LogP contribution is 2.15. The first kappa shape index (κ1) is 38.9. The van der Waals surface area contributed by atoms with E-state index in [-0.39, 0.29) is 12.5 Å². The van der Waals surface area contributed by atoms with Crippen molar-refractivity contribution in [3.05, 3.63) is 24.3 Å². The summed E-state index contributed by atoms with van der Waals surface area (Å²) in [5, 5.41) is 22.5. The van der Waals surface area contributed by atoms with Gasteiger partial charge in [0.2, 0.25) is 5.91 Å². The third-order valence-electron chi connectivity index (χ3n) is 7.94. The molecule has 0 aliphatic carbocycles. The number of carbonyl (C=O) groups excluding carboxylic acids is 1. The van der Waals surface area contributed by atoms with Gasteiger partial charge in [-0.3, -0.25) is 4.79 Å². The molecule has 236 valence electrons. The molecule has 0 bridgehead atoms. The Morgan fingerprint density at radius 2 is 0.975 bits per heavy atom. The molecule has 4 nitrogen and oxygen atoms in total. The third kappa shape index (κ3) is 28.4. The van der Waals surface area contributed by atoms with E-state index in [0.717, 1.165) is 38.5 Å². The van der Waals surface area contributed by atoms with Gasteiger partial charge >= 0.3 is 0 Å². The topological polar surface area (TPSA) is 69.6 Å². The monoisotopic (exact) mass is 564 g/mol. The number of aliphatic hydroxyl groups is 2. The van der Waals surface area contributed by atoms with Crippen LogP contribution in [-0.4, -0.2) is 34.9 Å². The Morgan fingerprint density at radius 3 is 1.45 bits per heavy atom. The molecule has 0 fully saturated rings. The van der Waals surface area contributed by atoms with Crippen LogP contribution in [0, 0.1) is 0 Å². The Bertz CT molecular complexity index is 574. The van der Waals surface area contributed by atoms with Gasteiger partial charge in [0.05, 0.1) is 18.8 Å². The standard InChI is InChI=1S/C36H69NO3/c1-3-5-7-8-9-10-11-12-13-14-15-16-17-18-19-20-21-22-23-24-25-26-27-28-30-31-35(39)34(33-38)37-36(40)32-29-6-4-2/h25-26,30-31,34-35,38-39H,3-24,27-29,32-33H2,1-2H3,(H,37,40)/b26-25+,31-30+. The first-order valence-electron chi connectivity index (χ1n) is 17.6. The highest BCUT2D eigenvalue weighted by atomic mass is 16.3. The average Bonchev–Trinajstić information content (AvgIpc) is 2.95. The van der Waals surface area contributed by atoms with Crippen LogP contribution in [0.4, 0.5) is 0 Å². The number of allylic oxidation sites excluding steroid dienone is 3. The molecule has 0 rings (SSSR count). The van der Waals surface area contributed by atoms with Gasteiger partial charge in [0, 0.05) is 6.42 Å². The van der Waals surface area contributed by atoms with Gasteiger partial charge in [-0.15, -0.1) is 0 Å². The highest BCUT2D eigenvalue weighted by molar-refractivity contribution is 5.76. The van der Waals surface area contributed by atoms with Crippen LogP contribution in [0.1, 0.15) is 181 Å². The fourth-order valence-electron chi connectivity index (χ4n) is 5.19. The lowest BCUT2D eigenvalue weighted by atomic mass is 10.0. The molecule has 2 unspecified atom stereocenters. The molecule has 0 aromatic carbocycles. The van der Waals surface area contributed by atoms with E-state index in [9.17, 15) is 15.0 Å². The molecule has 2 atom stereocenters. The summed E-state index contributed by atoms with van der Waals surface area (Å²) in [6.45, 7) is 4.13. The van der Waals surface area contributed by atoms with E-state index in [1.807, 2.05) is 6.08 Å². The molecule has 4 heteroatoms. The minimum atomic E-state index is -0.853. The Balaban J connectivity index is 3.45. The van der Waals surface area contributed by atoms with Crippen molar-refractivity contribution >= 4 is 5.91 Å². The molecule has 0 heterocycles. The zero-order valence-electron chi connectivity index (χ0n) is 26.9. The molecule has 0 aliphatic heterocycles. The van der Waals surface area contributed by atoms with Crippen LogP contribution >= 0.6 is 0 Å². The molecular weight excluding hydrogens is 494 g/mol. The van der Waals surface area contributed by atoms with Crippen molar-refractivity contribution in [1.82, 2.24) is 5.32 Å². The van der Waals surface area contributed by atoms with Gasteiger partial charge in [-0.25, -0.2) is 0 Å². The second kappa shape index (κ2) is 32.4. The van der Waals surface area contributed by atoms with Gasteiger partial charge in [0.15, 0.2) is 0 Å². The number of amides is 1. The molecule has 0 aliphatic rings. The summed E-state index contributed by atoms with van der Waals surface area (Å²) in [6.07, 6.45) is 40.6. The van der Waals surface area contributed by atoms with Crippen LogP contribution in [0.25, 0.3) is 0 Å². The predicted octanol–water partition coefficient (Wildman–Crippen LogP) is 10.1. The molecule has 1 amide bonds. The van der Waals surface area contributed by atoms with Crippen molar-refractivity contribution in [2.75, 3.05) is 6.61 Å². The van der Waals surface area contributed by atoms with E-state index in [0.29, 0.717) is 6.42 Å². The Hall–Kier alpha value is -1.13. The van der Waals surface area contributed by atoms with E-state index >= 15 is 0 Å². The summed E-state index contributed by atoms with van der Waals surface area (Å²) >= 11 is 0. The van der Waals surface area contributed by atoms with Crippen LogP contribution in [0.5, 0.6) is 0 Å². The van der Waals surface area contributed by atoms with Gasteiger partial charge in [-0.1, -0.05) is 167 Å². The Kier molecular flexibility index (Phi) is 31.5. The molecule has 0 aromatic heterocycles. The van der Waals surface area contributed by atoms with E-state index in [1.54, 1.807) is 6.08 Å². The zero-order valence-corrected chi connectivity index (χ0v) is 26.9. The summed E-state index contributed by atoms with van der Waals surface area (Å²) in [5.41, 5.74) is 0. The first-order valence-corrected chi connectivity index (χ1v) is 17.6. The van der Waals surface area contributed by atoms with Crippen molar-refractivity contribution in [1.29, 1.82) is 0 Å². The number of unbranched alkanes of at least 4 members (excludes halogenated alkanes) is 22. The quantitative estimate of drug-likeness (QED) is 0.0580. The smallest absolute Gasteiger partial charge is 0.220 e. The van der Waals surface area contributed by atoms with Crippen LogP contribution < -0.4 is 5.32 Å². The van der Waals surface area contributed by atoms with Crippen molar-refractivity contribution in [2.45, 2.75) is 193 Å². The van der Waals surface area contributed by atoms with Crippen molar-refractivity contribution < 1.29 is 15.0 Å². The fraction of sp³-hybridized carbons (Fsp3) is 0.861. The maximum absolute atomic E-state index is 11.9. The summed E-state index contributed by atoms with van der Waals surface area (Å²) in [7, 11) is 0. The molecule has 0 saturated heterocycles. The summed E-state index contributed by atoms with van der Waals surface area (Å²) < 4.78 is 0. The largest absolute Gasteiger partial charge is 0.394 e. The second-order valence-corrected chi connectivity index (χ2v) is 11.9. The number of rotatable bonds is 31. The lowest BCUT2D eigenvalue weighted by Gasteiger charge is -2.19. The number of hydrogen-bond donors (Lipinski definition) is 3. The number of aliphatic hydroxyl groups excluding tert-OH is 2. The predicted molar refractivity (Wildman–Crippen MR) is 175 cm³/mol. The fourth-order valence-corrected chi connectivity index (χ4v) is 5.19. The first-order chi connectivity index (χ1) is 19.7. The van der Waals surface area contributed by atoms with Crippen LogP contribution in [0.15, 0.2) is 24.3 Å². The van der Waals surface area contributed by atoms with E-state index < -0.39 is 12.1 Å². The molecule has 0 radical (unpaired) electrons. The summed E-state index contributed by atoms with van der Waals surface area (Å²) in [4.78, 5) is 11.9. The maximum Gasteiger partial charge on any atom is 0.220 e. The van der Waals surface area contributed by atoms with Crippen LogP contribution in [0.2, 0.25) is 0 Å². The minimum Gasteiger partial charge on any atom is -0.394 e. The van der Waals surface area contributed by atoms with Crippen LogP contribution in [0.3, 0.4) is 0 Å². The minimum absolute atomic E-state index is 0.0994. The van der Waals surface area contributed by atoms with E-state index in [2.05, 4.69) is 31.3 Å². The van der Waals surface area contributed by atoms with Gasteiger partial charge < -0.3 is 15.5 Å². The lowest BCUT2D eigenvalue weighted by molar-refractivity contribution is -0.123. The van der Waals surface area contributed by atoms with Crippen molar-refractivity contribution in [3.8, 4) is 0 Å². The summed E-state index contributed by atoms with van der Waals surface area (Å²) in [6, 6.07) is -0.629. The van der Waals surface area contributed by atoms with Crippen molar-refractivity contribution in [2.24, 2.45) is 0 Å². The molecule has 40 heavy (non-hydrogen) atoms. The lowest BCUT2D eigenvalue weighted by Crippen LogP contribution is -2.45. The molecule has 3 N–H and O–H groups in total. The average molecular weight is 564 g/mol. The summed E-state index contributed by atoms with van der Waals surface area (Å²) in [5.74, 6) is -0.0994. The number of nitrogens with one attached hydrogen (secondary N) is 1. The van der Waals surface area contributed by atoms with E-state index in [1.165, 1.54) is 122 Å². The maximum atomic E-state index is 11.9. The van der Waals surface area contributed by atoms with Gasteiger partial charge in [0.1, 0.15) is 0 Å². The highest BCUT2D eigenvalue weighted by Gasteiger charge is 2.17. The Morgan fingerprint density at radius 1 is 0.575 bits per heavy atom.